The molecule has 4 rings (SSSR count). The number of hydrogen-bond acceptors (Lipinski definition) is 7. The van der Waals surface area contributed by atoms with Gasteiger partial charge in [-0.1, -0.05) is 12.1 Å². The van der Waals surface area contributed by atoms with Gasteiger partial charge in [0.1, 0.15) is 34.3 Å². The number of methoxy groups -OCH3 is 2. The summed E-state index contributed by atoms with van der Waals surface area (Å²) < 4.78 is 10.8. The number of benzene rings is 2. The van der Waals surface area contributed by atoms with Crippen molar-refractivity contribution >= 4 is 28.1 Å². The minimum atomic E-state index is -1.23. The van der Waals surface area contributed by atoms with Gasteiger partial charge in [0.05, 0.1) is 37.5 Å². The molecule has 0 saturated carbocycles. The van der Waals surface area contributed by atoms with Crippen LogP contribution in [-0.2, 0) is 4.79 Å². The molecule has 3 aromatic rings. The number of anilines is 1. The maximum Gasteiger partial charge on any atom is 0.198 e. The topological polar surface area (TPSA) is 99.7 Å². The number of fused-ring (bicyclic) bond motifs is 1. The number of ether oxygens (including phenoxy) is 2. The van der Waals surface area contributed by atoms with Crippen LogP contribution in [0.15, 0.2) is 48.3 Å². The summed E-state index contributed by atoms with van der Waals surface area (Å²) in [5.41, 5.74) is 1.38. The number of ketones is 1. The van der Waals surface area contributed by atoms with Gasteiger partial charge in [0, 0.05) is 25.2 Å². The molecule has 3 N–H and O–H groups in total. The smallest absolute Gasteiger partial charge is 0.198 e. The third kappa shape index (κ3) is 2.88. The molecule has 2 aromatic carbocycles. The van der Waals surface area contributed by atoms with E-state index in [-0.39, 0.29) is 12.4 Å². The maximum absolute atomic E-state index is 13.6. The molecule has 30 heavy (non-hydrogen) atoms. The lowest BCUT2D eigenvalue weighted by Gasteiger charge is -2.36. The van der Waals surface area contributed by atoms with Crippen LogP contribution in [0.3, 0.4) is 0 Å². The number of H-pyrrole nitrogens is 1. The average molecular weight is 408 g/mol. The van der Waals surface area contributed by atoms with Gasteiger partial charge in [-0.2, -0.15) is 0 Å². The van der Waals surface area contributed by atoms with Gasteiger partial charge >= 0.3 is 0 Å². The monoisotopic (exact) mass is 408 g/mol. The van der Waals surface area contributed by atoms with Gasteiger partial charge < -0.3 is 29.8 Å². The number of rotatable bonds is 6. The quantitative estimate of drug-likeness (QED) is 0.576. The Morgan fingerprint density at radius 2 is 1.83 bits per heavy atom. The van der Waals surface area contributed by atoms with Crippen molar-refractivity contribution in [1.82, 2.24) is 15.3 Å². The van der Waals surface area contributed by atoms with Crippen molar-refractivity contribution in [3.63, 3.8) is 0 Å². The third-order valence-electron chi connectivity index (χ3n) is 5.44. The van der Waals surface area contributed by atoms with Crippen LogP contribution in [-0.4, -0.2) is 54.3 Å². The number of para-hydroxylation sites is 2. The highest BCUT2D eigenvalue weighted by Crippen LogP contribution is 2.43. The van der Waals surface area contributed by atoms with Crippen molar-refractivity contribution in [3.05, 3.63) is 54.1 Å². The molecule has 0 amide bonds. The van der Waals surface area contributed by atoms with Crippen LogP contribution in [0.2, 0.25) is 0 Å². The zero-order valence-electron chi connectivity index (χ0n) is 17.3. The molecule has 1 unspecified atom stereocenters. The van der Waals surface area contributed by atoms with Crippen molar-refractivity contribution in [2.75, 3.05) is 32.8 Å². The zero-order valence-corrected chi connectivity index (χ0v) is 17.3. The molecule has 0 aliphatic carbocycles. The fraction of sp³-hybridized carbons (Fsp3) is 0.273. The second-order valence-electron chi connectivity index (χ2n) is 7.24. The van der Waals surface area contributed by atoms with Crippen molar-refractivity contribution in [2.24, 2.45) is 0 Å². The van der Waals surface area contributed by atoms with E-state index in [2.05, 4.69) is 15.3 Å². The van der Waals surface area contributed by atoms with Gasteiger partial charge in [0.15, 0.2) is 5.78 Å². The molecule has 2 heterocycles. The van der Waals surface area contributed by atoms with Gasteiger partial charge in [-0.3, -0.25) is 4.79 Å². The lowest BCUT2D eigenvalue weighted by atomic mass is 9.94. The molecule has 1 atom stereocenters. The summed E-state index contributed by atoms with van der Waals surface area (Å²) in [4.78, 5) is 23.2. The van der Waals surface area contributed by atoms with E-state index in [9.17, 15) is 9.90 Å². The maximum atomic E-state index is 13.6. The van der Waals surface area contributed by atoms with Gasteiger partial charge in [-0.15, -0.1) is 0 Å². The molecule has 0 spiro atoms. The van der Waals surface area contributed by atoms with E-state index in [4.69, 9.17) is 9.47 Å². The van der Waals surface area contributed by atoms with E-state index in [0.29, 0.717) is 34.4 Å². The first-order valence-electron chi connectivity index (χ1n) is 9.53. The third-order valence-corrected chi connectivity index (χ3v) is 5.44. The number of nitrogens with zero attached hydrogens (tertiary/aromatic N) is 2. The Hall–Kier alpha value is -3.52. The van der Waals surface area contributed by atoms with Crippen molar-refractivity contribution in [1.29, 1.82) is 0 Å². The fourth-order valence-electron chi connectivity index (χ4n) is 3.84. The number of aliphatic hydroxyl groups is 1. The Morgan fingerprint density at radius 3 is 2.40 bits per heavy atom. The standard InChI is InChI=1S/C22H24N4O4/c1-22(12-27)19(28)18(20-24-16-7-5-6-8-17(16)25-20)21(23-2)26(22)13-9-14(29-3)11-15(10-13)30-4/h5-11,23,27H,12H2,1-4H3,(H,24,25). The van der Waals surface area contributed by atoms with E-state index >= 15 is 0 Å². The molecule has 0 radical (unpaired) electrons. The minimum absolute atomic E-state index is 0.241. The fourth-order valence-corrected chi connectivity index (χ4v) is 3.84. The number of carbonyl (C=O) groups is 1. The summed E-state index contributed by atoms with van der Waals surface area (Å²) in [6.45, 7) is 1.31. The number of carbonyl (C=O) groups excluding carboxylic acids is 1. The lowest BCUT2D eigenvalue weighted by molar-refractivity contribution is -0.118. The predicted molar refractivity (Wildman–Crippen MR) is 115 cm³/mol. The highest BCUT2D eigenvalue weighted by molar-refractivity contribution is 6.30. The summed E-state index contributed by atoms with van der Waals surface area (Å²) >= 11 is 0. The van der Waals surface area contributed by atoms with E-state index in [1.807, 2.05) is 24.3 Å². The normalized spacial score (nSPS) is 19.0. The first kappa shape index (κ1) is 19.8. The summed E-state index contributed by atoms with van der Waals surface area (Å²) in [6, 6.07) is 12.9. The van der Waals surface area contributed by atoms with Crippen LogP contribution >= 0.6 is 0 Å². The minimum Gasteiger partial charge on any atom is -0.497 e. The summed E-state index contributed by atoms with van der Waals surface area (Å²) in [5, 5.41) is 13.4. The number of nitrogens with one attached hydrogen (secondary N) is 2. The van der Waals surface area contributed by atoms with Crippen LogP contribution in [0.25, 0.3) is 16.6 Å². The van der Waals surface area contributed by atoms with Crippen molar-refractivity contribution in [3.8, 4) is 11.5 Å². The van der Waals surface area contributed by atoms with E-state index in [1.165, 1.54) is 0 Å². The largest absolute Gasteiger partial charge is 0.497 e. The molecule has 0 saturated heterocycles. The molecule has 8 nitrogen and oxygen atoms in total. The van der Waals surface area contributed by atoms with Crippen molar-refractivity contribution in [2.45, 2.75) is 12.5 Å². The second-order valence-corrected chi connectivity index (χ2v) is 7.24. The highest BCUT2D eigenvalue weighted by Gasteiger charge is 2.51. The zero-order chi connectivity index (χ0) is 21.5. The number of aromatic nitrogens is 2. The first-order chi connectivity index (χ1) is 14.5. The Kier molecular flexibility index (Phi) is 4.87. The molecule has 8 heteroatoms. The SMILES string of the molecule is CNC1=C(c2nc3ccccc3[nH]2)C(=O)C(C)(CO)N1c1cc(OC)cc(OC)c1. The van der Waals surface area contributed by atoms with Gasteiger partial charge in [0.2, 0.25) is 0 Å². The summed E-state index contributed by atoms with van der Waals surface area (Å²) in [7, 11) is 4.86. The lowest BCUT2D eigenvalue weighted by Crippen LogP contribution is -2.51. The highest BCUT2D eigenvalue weighted by atomic mass is 16.5. The number of aliphatic hydroxyl groups excluding tert-OH is 1. The molecular weight excluding hydrogens is 384 g/mol. The summed E-state index contributed by atoms with van der Waals surface area (Å²) in [5.74, 6) is 1.89. The molecule has 0 bridgehead atoms. The van der Waals surface area contributed by atoms with Gasteiger partial charge in [0.25, 0.3) is 0 Å². The molecule has 0 fully saturated rings. The van der Waals surface area contributed by atoms with Crippen LogP contribution in [0.4, 0.5) is 5.69 Å². The van der Waals surface area contributed by atoms with E-state index in [1.54, 1.807) is 51.3 Å². The summed E-state index contributed by atoms with van der Waals surface area (Å²) in [6.07, 6.45) is 0. The van der Waals surface area contributed by atoms with Crippen molar-refractivity contribution < 1.29 is 19.4 Å². The van der Waals surface area contributed by atoms with Crippen LogP contribution in [0.5, 0.6) is 11.5 Å². The number of imidazole rings is 1. The Bertz CT molecular complexity index is 1100. The molecule has 1 aliphatic rings. The number of Topliss-reactive ketones (excluding diaryl/α,β-unsaturated/α-hetero) is 1. The van der Waals surface area contributed by atoms with E-state index in [0.717, 1.165) is 11.0 Å². The average Bonchev–Trinajstić information content (AvgIpc) is 3.30. The Balaban J connectivity index is 1.95. The second kappa shape index (κ2) is 7.38. The molecular formula is C22H24N4O4. The van der Waals surface area contributed by atoms with Gasteiger partial charge in [-0.25, -0.2) is 4.98 Å². The molecule has 156 valence electrons. The van der Waals surface area contributed by atoms with Crippen LogP contribution in [0, 0.1) is 0 Å². The molecule has 1 aliphatic heterocycles. The Labute approximate surface area is 174 Å². The van der Waals surface area contributed by atoms with E-state index < -0.39 is 5.54 Å². The van der Waals surface area contributed by atoms with Crippen LogP contribution < -0.4 is 19.7 Å². The number of hydrogen-bond donors (Lipinski definition) is 3. The van der Waals surface area contributed by atoms with Gasteiger partial charge in [-0.05, 0) is 19.1 Å². The van der Waals surface area contributed by atoms with Crippen LogP contribution in [0.1, 0.15) is 12.7 Å². The predicted octanol–water partition coefficient (Wildman–Crippen LogP) is 2.31. The Morgan fingerprint density at radius 1 is 1.17 bits per heavy atom. The molecule has 1 aromatic heterocycles. The number of aromatic amines is 1. The first-order valence-corrected chi connectivity index (χ1v) is 9.53.